The summed E-state index contributed by atoms with van der Waals surface area (Å²) >= 11 is 0. The van der Waals surface area contributed by atoms with Gasteiger partial charge in [0.2, 0.25) is 0 Å². The average molecular weight is 366 g/mol. The summed E-state index contributed by atoms with van der Waals surface area (Å²) in [6.07, 6.45) is 0. The molecule has 0 aromatic heterocycles. The van der Waals surface area contributed by atoms with Crippen molar-refractivity contribution in [2.24, 2.45) is 0 Å². The molecule has 0 unspecified atom stereocenters. The van der Waals surface area contributed by atoms with Gasteiger partial charge in [0, 0.05) is 5.92 Å². The first-order valence-corrected chi connectivity index (χ1v) is 9.43. The average Bonchev–Trinajstić information content (AvgIpc) is 2.58. The van der Waals surface area contributed by atoms with Crippen molar-refractivity contribution in [3.63, 3.8) is 0 Å². The lowest BCUT2D eigenvalue weighted by Crippen LogP contribution is -2.19. The van der Waals surface area contributed by atoms with E-state index in [0.717, 1.165) is 22.3 Å². The monoisotopic (exact) mass is 365 g/mol. The number of benzene rings is 2. The second-order valence-electron chi connectivity index (χ2n) is 9.10. The topological polar surface area (TPSA) is 53.2 Å². The summed E-state index contributed by atoms with van der Waals surface area (Å²) in [5.74, 6) is 0.380. The van der Waals surface area contributed by atoms with Gasteiger partial charge in [0.05, 0.1) is 12.7 Å². The molecule has 27 heavy (non-hydrogen) atoms. The quantitative estimate of drug-likeness (QED) is 0.696. The van der Waals surface area contributed by atoms with Crippen LogP contribution in [0.2, 0.25) is 0 Å². The van der Waals surface area contributed by atoms with E-state index in [1.165, 1.54) is 0 Å². The minimum atomic E-state index is -0.186. The lowest BCUT2D eigenvalue weighted by atomic mass is 9.76. The standard InChI is InChI=1S/C24H31NO2/c1-23(2,3)20-14-18(15-21(22(20)26)24(4,5)6)19(16-27-13-12-25)17-10-8-7-9-11-17/h7-11,14-15,19,26H,13,16H2,1-6H3/t19-/m0/s1. The molecule has 0 radical (unpaired) electrons. The zero-order valence-corrected chi connectivity index (χ0v) is 17.3. The second kappa shape index (κ2) is 8.15. The number of nitriles is 1. The molecule has 0 spiro atoms. The third kappa shape index (κ3) is 5.11. The van der Waals surface area contributed by atoms with E-state index in [1.807, 2.05) is 24.3 Å². The Morgan fingerprint density at radius 3 is 1.89 bits per heavy atom. The summed E-state index contributed by atoms with van der Waals surface area (Å²) in [4.78, 5) is 0. The van der Waals surface area contributed by atoms with Gasteiger partial charge in [-0.25, -0.2) is 0 Å². The lowest BCUT2D eigenvalue weighted by molar-refractivity contribution is 0.158. The number of rotatable bonds is 5. The maximum absolute atomic E-state index is 11.0. The molecule has 0 bridgehead atoms. The molecule has 2 aromatic rings. The first kappa shape index (κ1) is 21.0. The second-order valence-corrected chi connectivity index (χ2v) is 9.10. The van der Waals surface area contributed by atoms with Crippen LogP contribution in [-0.2, 0) is 15.6 Å². The highest BCUT2D eigenvalue weighted by Gasteiger charge is 2.28. The van der Waals surface area contributed by atoms with E-state index in [1.54, 1.807) is 0 Å². The van der Waals surface area contributed by atoms with Crippen molar-refractivity contribution in [2.75, 3.05) is 13.2 Å². The van der Waals surface area contributed by atoms with Gasteiger partial charge >= 0.3 is 0 Å². The Bertz CT molecular complexity index is 770. The summed E-state index contributed by atoms with van der Waals surface area (Å²) in [6, 6.07) is 16.4. The highest BCUT2D eigenvalue weighted by atomic mass is 16.5. The summed E-state index contributed by atoms with van der Waals surface area (Å²) in [7, 11) is 0. The number of aromatic hydroxyl groups is 1. The van der Waals surface area contributed by atoms with Crippen molar-refractivity contribution in [1.29, 1.82) is 5.26 Å². The molecule has 0 fully saturated rings. The fourth-order valence-corrected chi connectivity index (χ4v) is 3.29. The smallest absolute Gasteiger partial charge is 0.133 e. The molecule has 0 aliphatic carbocycles. The number of phenolic OH excluding ortho intramolecular Hbond substituents is 1. The third-order valence-electron chi connectivity index (χ3n) is 4.80. The minimum Gasteiger partial charge on any atom is -0.507 e. The molecule has 0 heterocycles. The summed E-state index contributed by atoms with van der Waals surface area (Å²) in [5, 5.41) is 19.8. The molecule has 0 aliphatic heterocycles. The third-order valence-corrected chi connectivity index (χ3v) is 4.80. The SMILES string of the molecule is CC(C)(C)c1cc([C@@H](COCC#N)c2ccccc2)cc(C(C)(C)C)c1O. The predicted octanol–water partition coefficient (Wildman–Crippen LogP) is 5.66. The molecule has 0 saturated heterocycles. The van der Waals surface area contributed by atoms with Crippen LogP contribution in [0.1, 0.15) is 69.7 Å². The fraction of sp³-hybridized carbons (Fsp3) is 0.458. The molecule has 0 aliphatic rings. The van der Waals surface area contributed by atoms with Gasteiger partial charge in [0.25, 0.3) is 0 Å². The molecule has 3 nitrogen and oxygen atoms in total. The lowest BCUT2D eigenvalue weighted by Gasteiger charge is -2.30. The number of hydrogen-bond acceptors (Lipinski definition) is 3. The van der Waals surface area contributed by atoms with Crippen LogP contribution in [0.5, 0.6) is 5.75 Å². The molecule has 1 N–H and O–H groups in total. The zero-order chi connectivity index (χ0) is 20.2. The highest BCUT2D eigenvalue weighted by molar-refractivity contribution is 5.52. The predicted molar refractivity (Wildman–Crippen MR) is 110 cm³/mol. The van der Waals surface area contributed by atoms with Crippen LogP contribution in [0.15, 0.2) is 42.5 Å². The molecule has 0 saturated carbocycles. The van der Waals surface area contributed by atoms with Crippen molar-refractivity contribution in [3.05, 3.63) is 64.7 Å². The van der Waals surface area contributed by atoms with E-state index < -0.39 is 0 Å². The van der Waals surface area contributed by atoms with Crippen LogP contribution >= 0.6 is 0 Å². The van der Waals surface area contributed by atoms with Crippen LogP contribution in [-0.4, -0.2) is 18.3 Å². The Morgan fingerprint density at radius 1 is 0.926 bits per heavy atom. The first-order valence-electron chi connectivity index (χ1n) is 9.43. The Kier molecular flexibility index (Phi) is 6.34. The van der Waals surface area contributed by atoms with Gasteiger partial charge in [-0.15, -0.1) is 0 Å². The van der Waals surface area contributed by atoms with Gasteiger partial charge in [-0.3, -0.25) is 0 Å². The summed E-state index contributed by atoms with van der Waals surface area (Å²) in [5.41, 5.74) is 3.74. The molecule has 2 aromatic carbocycles. The first-order chi connectivity index (χ1) is 12.6. The van der Waals surface area contributed by atoms with E-state index in [-0.39, 0.29) is 23.4 Å². The largest absolute Gasteiger partial charge is 0.507 e. The van der Waals surface area contributed by atoms with Crippen molar-refractivity contribution in [1.82, 2.24) is 0 Å². The Hall–Kier alpha value is -2.31. The van der Waals surface area contributed by atoms with Crippen LogP contribution in [0.3, 0.4) is 0 Å². The molecule has 3 heteroatoms. The van der Waals surface area contributed by atoms with E-state index in [2.05, 4.69) is 65.8 Å². The van der Waals surface area contributed by atoms with Gasteiger partial charge in [0.1, 0.15) is 12.4 Å². The molecular formula is C24H31NO2. The Morgan fingerprint density at radius 2 is 1.44 bits per heavy atom. The highest BCUT2D eigenvalue weighted by Crippen LogP contribution is 2.42. The Balaban J connectivity index is 2.66. The Labute approximate surface area is 163 Å². The van der Waals surface area contributed by atoms with Crippen LogP contribution in [0.4, 0.5) is 0 Å². The fourth-order valence-electron chi connectivity index (χ4n) is 3.29. The van der Waals surface area contributed by atoms with Crippen LogP contribution in [0.25, 0.3) is 0 Å². The van der Waals surface area contributed by atoms with Gasteiger partial charge < -0.3 is 9.84 Å². The van der Waals surface area contributed by atoms with E-state index in [9.17, 15) is 5.11 Å². The van der Waals surface area contributed by atoms with E-state index in [0.29, 0.717) is 12.4 Å². The molecular weight excluding hydrogens is 334 g/mol. The van der Waals surface area contributed by atoms with Crippen LogP contribution < -0.4 is 0 Å². The molecule has 0 amide bonds. The van der Waals surface area contributed by atoms with E-state index in [4.69, 9.17) is 10.00 Å². The number of ether oxygens (including phenoxy) is 1. The van der Waals surface area contributed by atoms with Gasteiger partial charge in [-0.2, -0.15) is 5.26 Å². The van der Waals surface area contributed by atoms with Crippen molar-refractivity contribution >= 4 is 0 Å². The summed E-state index contributed by atoms with van der Waals surface area (Å²) < 4.78 is 5.61. The van der Waals surface area contributed by atoms with E-state index >= 15 is 0 Å². The van der Waals surface area contributed by atoms with Gasteiger partial charge in [-0.05, 0) is 33.1 Å². The number of phenols is 1. The maximum Gasteiger partial charge on any atom is 0.133 e. The number of nitrogens with zero attached hydrogens (tertiary/aromatic N) is 1. The van der Waals surface area contributed by atoms with Gasteiger partial charge in [0.15, 0.2) is 0 Å². The normalized spacial score (nSPS) is 13.2. The van der Waals surface area contributed by atoms with Crippen LogP contribution in [0, 0.1) is 11.3 Å². The van der Waals surface area contributed by atoms with Gasteiger partial charge in [-0.1, -0.05) is 84.0 Å². The molecule has 144 valence electrons. The minimum absolute atomic E-state index is 0.00218. The van der Waals surface area contributed by atoms with Crippen molar-refractivity contribution in [2.45, 2.75) is 58.3 Å². The molecule has 1 atom stereocenters. The summed E-state index contributed by atoms with van der Waals surface area (Å²) in [6.45, 7) is 13.2. The van der Waals surface area contributed by atoms with Crippen molar-refractivity contribution in [3.8, 4) is 11.8 Å². The maximum atomic E-state index is 11.0. The molecule has 2 rings (SSSR count). The van der Waals surface area contributed by atoms with Crippen molar-refractivity contribution < 1.29 is 9.84 Å². The zero-order valence-electron chi connectivity index (χ0n) is 17.3. The number of hydrogen-bond donors (Lipinski definition) is 1.